The Labute approximate surface area is 149 Å². The Hall–Kier alpha value is -1.26. The molecule has 0 amide bonds. The average molecular weight is 348 g/mol. The Bertz CT molecular complexity index is 629. The molecule has 130 valence electrons. The highest BCUT2D eigenvalue weighted by Gasteiger charge is 2.66. The van der Waals surface area contributed by atoms with E-state index in [2.05, 4.69) is 21.7 Å². The van der Waals surface area contributed by atoms with Crippen molar-refractivity contribution in [3.8, 4) is 0 Å². The van der Waals surface area contributed by atoms with Crippen molar-refractivity contribution in [2.45, 2.75) is 44.2 Å². The second-order valence-electron chi connectivity index (χ2n) is 7.29. The summed E-state index contributed by atoms with van der Waals surface area (Å²) in [6.07, 6.45) is 6.49. The number of fused-ring (bicyclic) bond motifs is 2. The minimum absolute atomic E-state index is 0.377. The first-order valence-electron chi connectivity index (χ1n) is 9.07. The maximum Gasteiger partial charge on any atom is 0.191 e. The van der Waals surface area contributed by atoms with Gasteiger partial charge in [0.05, 0.1) is 6.10 Å². The third-order valence-electron chi connectivity index (χ3n) is 6.20. The van der Waals surface area contributed by atoms with Crippen LogP contribution >= 0.6 is 11.6 Å². The van der Waals surface area contributed by atoms with Gasteiger partial charge in [-0.3, -0.25) is 4.99 Å². The zero-order valence-electron chi connectivity index (χ0n) is 14.2. The number of nitrogens with one attached hydrogen (secondary N) is 2. The maximum absolute atomic E-state index is 6.23. The average Bonchev–Trinajstić information content (AvgIpc) is 2.96. The van der Waals surface area contributed by atoms with Crippen molar-refractivity contribution in [1.82, 2.24) is 10.6 Å². The number of nitrogens with zero attached hydrogens (tertiary/aromatic N) is 1. The van der Waals surface area contributed by atoms with Gasteiger partial charge in [0.1, 0.15) is 0 Å². The first kappa shape index (κ1) is 16.2. The molecule has 5 heteroatoms. The molecule has 0 aromatic heterocycles. The predicted octanol–water partition coefficient (Wildman–Crippen LogP) is 3.01. The molecule has 1 saturated heterocycles. The zero-order chi connectivity index (χ0) is 16.6. The van der Waals surface area contributed by atoms with Crippen molar-refractivity contribution in [2.24, 2.45) is 16.3 Å². The molecular formula is C19H26ClN3O. The fourth-order valence-corrected chi connectivity index (χ4v) is 5.04. The molecule has 1 heterocycles. The van der Waals surface area contributed by atoms with Crippen LogP contribution in [0.4, 0.5) is 0 Å². The second-order valence-corrected chi connectivity index (χ2v) is 7.70. The summed E-state index contributed by atoms with van der Waals surface area (Å²) in [5.74, 6) is 1.57. The molecular weight excluding hydrogens is 322 g/mol. The van der Waals surface area contributed by atoms with E-state index in [0.717, 1.165) is 30.6 Å². The number of halogens is 1. The lowest BCUT2D eigenvalue weighted by molar-refractivity contribution is -0.171. The Morgan fingerprint density at radius 2 is 2.21 bits per heavy atom. The monoisotopic (exact) mass is 347 g/mol. The number of hydrogen-bond acceptors (Lipinski definition) is 2. The molecule has 2 saturated carbocycles. The number of ether oxygens (including phenoxy) is 1. The summed E-state index contributed by atoms with van der Waals surface area (Å²) in [4.78, 5) is 4.42. The van der Waals surface area contributed by atoms with Gasteiger partial charge in [-0.2, -0.15) is 0 Å². The third kappa shape index (κ3) is 2.60. The molecule has 4 nitrogen and oxygen atoms in total. The number of guanidine groups is 1. The zero-order valence-corrected chi connectivity index (χ0v) is 15.0. The van der Waals surface area contributed by atoms with Crippen LogP contribution in [0.3, 0.4) is 0 Å². The largest absolute Gasteiger partial charge is 0.377 e. The van der Waals surface area contributed by atoms with Crippen LogP contribution in [0.1, 0.15) is 31.2 Å². The van der Waals surface area contributed by atoms with E-state index < -0.39 is 0 Å². The van der Waals surface area contributed by atoms with Crippen LogP contribution in [-0.2, 0) is 11.2 Å². The second kappa shape index (κ2) is 6.57. The van der Waals surface area contributed by atoms with Crippen molar-refractivity contribution in [3.05, 3.63) is 34.9 Å². The van der Waals surface area contributed by atoms with Gasteiger partial charge in [-0.15, -0.1) is 0 Å². The van der Waals surface area contributed by atoms with Crippen LogP contribution in [0.5, 0.6) is 0 Å². The molecule has 3 unspecified atom stereocenters. The molecule has 3 fully saturated rings. The van der Waals surface area contributed by atoms with Gasteiger partial charge in [-0.1, -0.05) is 36.2 Å². The number of rotatable bonds is 4. The Morgan fingerprint density at radius 3 is 2.92 bits per heavy atom. The van der Waals surface area contributed by atoms with E-state index in [1.165, 1.54) is 31.2 Å². The summed E-state index contributed by atoms with van der Waals surface area (Å²) in [6, 6.07) is 8.54. The summed E-state index contributed by atoms with van der Waals surface area (Å²) in [7, 11) is 1.85. The highest BCUT2D eigenvalue weighted by molar-refractivity contribution is 6.31. The molecule has 3 atom stereocenters. The smallest absolute Gasteiger partial charge is 0.191 e. The number of aliphatic imine (C=N–C) groups is 1. The molecule has 1 aliphatic heterocycles. The fourth-order valence-electron chi connectivity index (χ4n) is 4.81. The van der Waals surface area contributed by atoms with Gasteiger partial charge in [0, 0.05) is 42.6 Å². The highest BCUT2D eigenvalue weighted by atomic mass is 35.5. The molecule has 1 aromatic carbocycles. The topological polar surface area (TPSA) is 45.7 Å². The lowest BCUT2D eigenvalue weighted by atomic mass is 9.46. The fraction of sp³-hybridized carbons (Fsp3) is 0.632. The van der Waals surface area contributed by atoms with E-state index >= 15 is 0 Å². The maximum atomic E-state index is 6.23. The van der Waals surface area contributed by atoms with Crippen LogP contribution in [0, 0.1) is 11.3 Å². The van der Waals surface area contributed by atoms with E-state index in [1.54, 1.807) is 0 Å². The van der Waals surface area contributed by atoms with Gasteiger partial charge >= 0.3 is 0 Å². The van der Waals surface area contributed by atoms with Crippen molar-refractivity contribution in [3.63, 3.8) is 0 Å². The predicted molar refractivity (Wildman–Crippen MR) is 97.6 cm³/mol. The molecule has 4 rings (SSSR count). The Morgan fingerprint density at radius 1 is 1.38 bits per heavy atom. The van der Waals surface area contributed by atoms with Crippen LogP contribution in [-0.4, -0.2) is 38.3 Å². The van der Waals surface area contributed by atoms with Crippen molar-refractivity contribution < 1.29 is 4.74 Å². The normalized spacial score (nSPS) is 30.4. The summed E-state index contributed by atoms with van der Waals surface area (Å²) in [5.41, 5.74) is 1.55. The molecule has 24 heavy (non-hydrogen) atoms. The molecule has 0 radical (unpaired) electrons. The van der Waals surface area contributed by atoms with E-state index in [-0.39, 0.29) is 0 Å². The summed E-state index contributed by atoms with van der Waals surface area (Å²) >= 11 is 6.23. The Kier molecular flexibility index (Phi) is 4.44. The van der Waals surface area contributed by atoms with Gasteiger partial charge in [0.15, 0.2) is 5.96 Å². The third-order valence-corrected chi connectivity index (χ3v) is 6.57. The summed E-state index contributed by atoms with van der Waals surface area (Å²) < 4.78 is 5.99. The van der Waals surface area contributed by atoms with Crippen molar-refractivity contribution in [1.29, 1.82) is 0 Å². The molecule has 3 aliphatic rings. The van der Waals surface area contributed by atoms with Gasteiger partial charge in [0.25, 0.3) is 0 Å². The molecule has 1 aromatic rings. The number of hydrogen-bond donors (Lipinski definition) is 2. The van der Waals surface area contributed by atoms with Crippen LogP contribution in [0.2, 0.25) is 5.02 Å². The van der Waals surface area contributed by atoms with E-state index in [1.807, 2.05) is 25.2 Å². The van der Waals surface area contributed by atoms with Gasteiger partial charge < -0.3 is 15.4 Å². The van der Waals surface area contributed by atoms with Gasteiger partial charge in [-0.25, -0.2) is 0 Å². The minimum Gasteiger partial charge on any atom is -0.377 e. The van der Waals surface area contributed by atoms with Gasteiger partial charge in [-0.05, 0) is 37.3 Å². The molecule has 2 N–H and O–H groups in total. The summed E-state index contributed by atoms with van der Waals surface area (Å²) in [5, 5.41) is 7.98. The van der Waals surface area contributed by atoms with Crippen molar-refractivity contribution >= 4 is 17.6 Å². The number of benzene rings is 1. The lowest BCUT2D eigenvalue weighted by Crippen LogP contribution is -2.72. The standard InChI is InChI=1S/C19H26ClN3O/c1-21-18(22-11-7-13-5-2-3-6-15(13)20)23-16-14-8-12-24-17(14)19(16)9-4-10-19/h2-3,5-6,14,16-17H,4,7-12H2,1H3,(H2,21,22,23). The lowest BCUT2D eigenvalue weighted by Gasteiger charge is -2.63. The van der Waals surface area contributed by atoms with Crippen molar-refractivity contribution in [2.75, 3.05) is 20.2 Å². The quantitative estimate of drug-likeness (QED) is 0.650. The van der Waals surface area contributed by atoms with Gasteiger partial charge in [0.2, 0.25) is 0 Å². The van der Waals surface area contributed by atoms with Crippen LogP contribution in [0.15, 0.2) is 29.3 Å². The Balaban J connectivity index is 1.33. The minimum atomic E-state index is 0.377. The van der Waals surface area contributed by atoms with E-state index in [0.29, 0.717) is 23.5 Å². The first-order chi connectivity index (χ1) is 11.7. The SMILES string of the molecule is CN=C(NCCc1ccccc1Cl)NC1C2CCOC2C12CCC2. The van der Waals surface area contributed by atoms with E-state index in [4.69, 9.17) is 16.3 Å². The molecule has 2 aliphatic carbocycles. The highest BCUT2D eigenvalue weighted by Crippen LogP contribution is 2.62. The summed E-state index contributed by atoms with van der Waals surface area (Å²) in [6.45, 7) is 1.75. The molecule has 1 spiro atoms. The first-order valence-corrected chi connectivity index (χ1v) is 9.44. The molecule has 0 bridgehead atoms. The van der Waals surface area contributed by atoms with E-state index in [9.17, 15) is 0 Å². The van der Waals surface area contributed by atoms with Crippen LogP contribution < -0.4 is 10.6 Å². The van der Waals surface area contributed by atoms with Crippen LogP contribution in [0.25, 0.3) is 0 Å².